The molecule has 0 unspecified atom stereocenters. The lowest BCUT2D eigenvalue weighted by Crippen LogP contribution is -2.56. The summed E-state index contributed by atoms with van der Waals surface area (Å²) in [6.07, 6.45) is 3.26. The highest BCUT2D eigenvalue weighted by Crippen LogP contribution is 2.30. The highest BCUT2D eigenvalue weighted by molar-refractivity contribution is 5.97. The Morgan fingerprint density at radius 2 is 2.44 bits per heavy atom. The molecule has 5 nitrogen and oxygen atoms in total. The van der Waals surface area contributed by atoms with Crippen LogP contribution in [0.15, 0.2) is 24.5 Å². The minimum atomic E-state index is -0.759. The van der Waals surface area contributed by atoms with Gasteiger partial charge in [0, 0.05) is 13.2 Å². The minimum Gasteiger partial charge on any atom is -0.395 e. The van der Waals surface area contributed by atoms with Crippen molar-refractivity contribution in [2.75, 3.05) is 31.8 Å². The van der Waals surface area contributed by atoms with Gasteiger partial charge in [0.15, 0.2) is 0 Å². The molecule has 1 aliphatic rings. The first-order valence-corrected chi connectivity index (χ1v) is 5.06. The van der Waals surface area contributed by atoms with Crippen LogP contribution in [0.3, 0.4) is 0 Å². The van der Waals surface area contributed by atoms with Crippen LogP contribution in [0.1, 0.15) is 0 Å². The monoisotopic (exact) mass is 222 g/mol. The number of amides is 1. The Hall–Kier alpha value is -1.46. The second kappa shape index (κ2) is 4.19. The molecule has 1 aliphatic heterocycles. The summed E-state index contributed by atoms with van der Waals surface area (Å²) < 4.78 is 5.01. The summed E-state index contributed by atoms with van der Waals surface area (Å²) in [5.74, 6) is -0.130. The molecule has 5 heteroatoms. The van der Waals surface area contributed by atoms with Gasteiger partial charge in [0.05, 0.1) is 31.7 Å². The highest BCUT2D eigenvalue weighted by Gasteiger charge is 2.47. The van der Waals surface area contributed by atoms with Crippen molar-refractivity contribution in [3.8, 4) is 0 Å². The molecule has 0 radical (unpaired) electrons. The average Bonchev–Trinajstić information content (AvgIpc) is 2.28. The fourth-order valence-electron chi connectivity index (χ4n) is 1.66. The van der Waals surface area contributed by atoms with E-state index in [2.05, 4.69) is 4.98 Å². The van der Waals surface area contributed by atoms with Crippen molar-refractivity contribution in [2.45, 2.75) is 0 Å². The number of aliphatic hydroxyl groups excluding tert-OH is 1. The molecule has 2 heterocycles. The van der Waals surface area contributed by atoms with Gasteiger partial charge in [-0.1, -0.05) is 0 Å². The van der Waals surface area contributed by atoms with Gasteiger partial charge in [0.1, 0.15) is 5.41 Å². The van der Waals surface area contributed by atoms with Crippen molar-refractivity contribution in [3.05, 3.63) is 24.5 Å². The molecular weight excluding hydrogens is 208 g/mol. The van der Waals surface area contributed by atoms with Crippen LogP contribution in [-0.4, -0.2) is 42.9 Å². The van der Waals surface area contributed by atoms with Gasteiger partial charge in [-0.25, -0.2) is 0 Å². The standard InChI is InChI=1S/C11H14N2O3/c1-13(9-3-2-4-12-5-9)10(15)11(6-14)7-16-8-11/h2-5,14H,6-8H2,1H3. The van der Waals surface area contributed by atoms with Gasteiger partial charge in [-0.15, -0.1) is 0 Å². The molecule has 1 aromatic heterocycles. The number of nitrogens with zero attached hydrogens (tertiary/aromatic N) is 2. The average molecular weight is 222 g/mol. The van der Waals surface area contributed by atoms with E-state index in [0.717, 1.165) is 0 Å². The van der Waals surface area contributed by atoms with Crippen molar-refractivity contribution < 1.29 is 14.6 Å². The molecule has 1 saturated heterocycles. The number of aromatic nitrogens is 1. The molecule has 0 aliphatic carbocycles. The van der Waals surface area contributed by atoms with Crippen LogP contribution in [0, 0.1) is 5.41 Å². The van der Waals surface area contributed by atoms with Crippen LogP contribution in [0.2, 0.25) is 0 Å². The third kappa shape index (κ3) is 1.68. The number of carbonyl (C=O) groups is 1. The van der Waals surface area contributed by atoms with Crippen molar-refractivity contribution in [1.29, 1.82) is 0 Å². The molecule has 0 atom stereocenters. The molecule has 0 spiro atoms. The van der Waals surface area contributed by atoms with Gasteiger partial charge in [-0.3, -0.25) is 9.78 Å². The number of carbonyl (C=O) groups excluding carboxylic acids is 1. The van der Waals surface area contributed by atoms with Gasteiger partial charge in [-0.05, 0) is 12.1 Å². The van der Waals surface area contributed by atoms with Crippen LogP contribution in [0.25, 0.3) is 0 Å². The summed E-state index contributed by atoms with van der Waals surface area (Å²) in [5.41, 5.74) is -0.0443. The molecule has 1 N–H and O–H groups in total. The van der Waals surface area contributed by atoms with E-state index in [-0.39, 0.29) is 25.7 Å². The molecule has 0 saturated carbocycles. The number of hydrogen-bond donors (Lipinski definition) is 1. The lowest BCUT2D eigenvalue weighted by molar-refractivity contribution is -0.166. The molecule has 16 heavy (non-hydrogen) atoms. The SMILES string of the molecule is CN(C(=O)C1(CO)COC1)c1cccnc1. The number of anilines is 1. The maximum absolute atomic E-state index is 12.1. The summed E-state index contributed by atoms with van der Waals surface area (Å²) in [6, 6.07) is 3.57. The Morgan fingerprint density at radius 1 is 1.69 bits per heavy atom. The van der Waals surface area contributed by atoms with E-state index in [9.17, 15) is 9.90 Å². The third-order valence-electron chi connectivity index (χ3n) is 2.85. The van der Waals surface area contributed by atoms with E-state index in [4.69, 9.17) is 4.74 Å². The molecule has 2 rings (SSSR count). The zero-order chi connectivity index (χ0) is 11.6. The zero-order valence-electron chi connectivity index (χ0n) is 9.09. The fraction of sp³-hybridized carbons (Fsp3) is 0.455. The Kier molecular flexibility index (Phi) is 2.89. The van der Waals surface area contributed by atoms with Crippen LogP contribution in [0.5, 0.6) is 0 Å². The zero-order valence-corrected chi connectivity index (χ0v) is 9.09. The predicted molar refractivity (Wildman–Crippen MR) is 58.0 cm³/mol. The Bertz CT molecular complexity index is 371. The quantitative estimate of drug-likeness (QED) is 0.785. The lowest BCUT2D eigenvalue weighted by atomic mass is 9.85. The van der Waals surface area contributed by atoms with Crippen molar-refractivity contribution in [3.63, 3.8) is 0 Å². The first-order valence-electron chi connectivity index (χ1n) is 5.06. The fourth-order valence-corrected chi connectivity index (χ4v) is 1.66. The lowest BCUT2D eigenvalue weighted by Gasteiger charge is -2.40. The normalized spacial score (nSPS) is 17.6. The summed E-state index contributed by atoms with van der Waals surface area (Å²) in [5, 5.41) is 9.26. The number of aliphatic hydroxyl groups is 1. The molecule has 1 amide bonds. The van der Waals surface area contributed by atoms with Gasteiger partial charge in [0.25, 0.3) is 0 Å². The van der Waals surface area contributed by atoms with Crippen LogP contribution < -0.4 is 4.90 Å². The van der Waals surface area contributed by atoms with Gasteiger partial charge < -0.3 is 14.7 Å². The molecular formula is C11H14N2O3. The smallest absolute Gasteiger partial charge is 0.240 e. The highest BCUT2D eigenvalue weighted by atomic mass is 16.5. The summed E-state index contributed by atoms with van der Waals surface area (Å²) >= 11 is 0. The Balaban J connectivity index is 2.16. The van der Waals surface area contributed by atoms with Crippen LogP contribution in [0.4, 0.5) is 5.69 Å². The van der Waals surface area contributed by atoms with E-state index in [0.29, 0.717) is 5.69 Å². The van der Waals surface area contributed by atoms with Crippen molar-refractivity contribution >= 4 is 11.6 Å². The Labute approximate surface area is 93.7 Å². The molecule has 0 aromatic carbocycles. The minimum absolute atomic E-state index is 0.130. The first kappa shape index (κ1) is 11.0. The molecule has 0 bridgehead atoms. The maximum atomic E-state index is 12.1. The predicted octanol–water partition coefficient (Wildman–Crippen LogP) is 0.0533. The number of rotatable bonds is 3. The summed E-state index contributed by atoms with van der Waals surface area (Å²) in [4.78, 5) is 17.6. The van der Waals surface area contributed by atoms with Gasteiger partial charge >= 0.3 is 0 Å². The van der Waals surface area contributed by atoms with E-state index < -0.39 is 5.41 Å². The molecule has 86 valence electrons. The number of ether oxygens (including phenoxy) is 1. The third-order valence-corrected chi connectivity index (χ3v) is 2.85. The Morgan fingerprint density at radius 3 is 2.88 bits per heavy atom. The van der Waals surface area contributed by atoms with E-state index in [1.807, 2.05) is 0 Å². The molecule has 1 aromatic rings. The first-order chi connectivity index (χ1) is 7.69. The van der Waals surface area contributed by atoms with E-state index >= 15 is 0 Å². The summed E-state index contributed by atoms with van der Waals surface area (Å²) in [6.45, 7) is 0.385. The maximum Gasteiger partial charge on any atom is 0.240 e. The number of hydrogen-bond acceptors (Lipinski definition) is 4. The summed E-state index contributed by atoms with van der Waals surface area (Å²) in [7, 11) is 1.68. The van der Waals surface area contributed by atoms with Gasteiger partial charge in [0.2, 0.25) is 5.91 Å². The molecule has 1 fully saturated rings. The second-order valence-electron chi connectivity index (χ2n) is 4.01. The van der Waals surface area contributed by atoms with Crippen LogP contribution >= 0.6 is 0 Å². The van der Waals surface area contributed by atoms with Gasteiger partial charge in [-0.2, -0.15) is 0 Å². The van der Waals surface area contributed by atoms with E-state index in [1.54, 1.807) is 31.6 Å². The van der Waals surface area contributed by atoms with E-state index in [1.165, 1.54) is 4.90 Å². The van der Waals surface area contributed by atoms with Crippen molar-refractivity contribution in [1.82, 2.24) is 4.98 Å². The topological polar surface area (TPSA) is 62.7 Å². The largest absolute Gasteiger partial charge is 0.395 e. The van der Waals surface area contributed by atoms with Crippen molar-refractivity contribution in [2.24, 2.45) is 5.41 Å². The van der Waals surface area contributed by atoms with Crippen LogP contribution in [-0.2, 0) is 9.53 Å². The second-order valence-corrected chi connectivity index (χ2v) is 4.01. The number of pyridine rings is 1.